The maximum atomic E-state index is 13.3. The minimum atomic E-state index is -4.60. The highest BCUT2D eigenvalue weighted by Crippen LogP contribution is 2.49. The van der Waals surface area contributed by atoms with Gasteiger partial charge in [-0.15, -0.1) is 0 Å². The fourth-order valence-electron chi connectivity index (χ4n) is 4.85. The Labute approximate surface area is 245 Å². The lowest BCUT2D eigenvalue weighted by atomic mass is 9.90. The summed E-state index contributed by atoms with van der Waals surface area (Å²) in [5.74, 6) is -1.31. The van der Waals surface area contributed by atoms with E-state index in [9.17, 15) is 27.8 Å². The molecule has 5 rings (SSSR count). The molecule has 228 valence electrons. The molecule has 0 radical (unpaired) electrons. The molecule has 12 nitrogen and oxygen atoms in total. The molecule has 0 aliphatic carbocycles. The molecule has 1 spiro atoms. The van der Waals surface area contributed by atoms with Gasteiger partial charge in [0.05, 0.1) is 19.6 Å². The second kappa shape index (κ2) is 12.3. The monoisotopic (exact) mass is 619 g/mol. The number of ether oxygens (including phenoxy) is 3. The molecule has 2 N–H and O–H groups in total. The van der Waals surface area contributed by atoms with Gasteiger partial charge in [0.1, 0.15) is 17.0 Å². The Hall–Kier alpha value is -3.94. The first kappa shape index (κ1) is 30.5. The van der Waals surface area contributed by atoms with Crippen molar-refractivity contribution < 1.29 is 51.2 Å². The fourth-order valence-corrected chi connectivity index (χ4v) is 5.30. The van der Waals surface area contributed by atoms with E-state index in [2.05, 4.69) is 19.6 Å². The highest BCUT2D eigenvalue weighted by Gasteiger charge is 2.44. The lowest BCUT2D eigenvalue weighted by molar-refractivity contribution is -0.129. The van der Waals surface area contributed by atoms with Gasteiger partial charge in [-0.25, -0.2) is 9.55 Å². The second-order valence-corrected chi connectivity index (χ2v) is 11.4. The third-order valence-electron chi connectivity index (χ3n) is 7.04. The third kappa shape index (κ3) is 7.00. The van der Waals surface area contributed by atoms with Crippen molar-refractivity contribution in [1.29, 1.82) is 0 Å². The van der Waals surface area contributed by atoms with E-state index in [-0.39, 0.29) is 29.3 Å². The van der Waals surface area contributed by atoms with E-state index in [0.717, 1.165) is 23.8 Å². The van der Waals surface area contributed by atoms with Gasteiger partial charge in [-0.2, -0.15) is 18.5 Å². The van der Waals surface area contributed by atoms with Crippen molar-refractivity contribution >= 4 is 31.0 Å². The number of anilines is 2. The van der Waals surface area contributed by atoms with Crippen LogP contribution in [0.4, 0.5) is 20.2 Å². The Morgan fingerprint density at radius 2 is 1.93 bits per heavy atom. The number of pyridine rings is 1. The number of nitrogens with zero attached hydrogens (tertiary/aromatic N) is 2. The van der Waals surface area contributed by atoms with Crippen LogP contribution in [0.25, 0.3) is 11.1 Å². The zero-order valence-corrected chi connectivity index (χ0v) is 24.0. The van der Waals surface area contributed by atoms with E-state index in [1.54, 1.807) is 30.3 Å². The number of aromatic nitrogens is 1. The number of hydroxylamine groups is 1. The Morgan fingerprint density at radius 3 is 2.65 bits per heavy atom. The maximum Gasteiger partial charge on any atom is 0.494 e. The number of nitrogens with one attached hydrogen (secondary N) is 1. The molecular formula is C28H28F2N3O9P. The number of phosphoric ester groups is 1. The van der Waals surface area contributed by atoms with Gasteiger partial charge >= 0.3 is 14.4 Å². The van der Waals surface area contributed by atoms with Crippen LogP contribution in [0.3, 0.4) is 0 Å². The molecule has 2 aliphatic rings. The van der Waals surface area contributed by atoms with E-state index in [4.69, 9.17) is 14.1 Å². The number of aryl methyl sites for hydroxylation is 1. The molecule has 1 saturated heterocycles. The average molecular weight is 620 g/mol. The van der Waals surface area contributed by atoms with Crippen LogP contribution in [0.1, 0.15) is 35.2 Å². The first-order valence-corrected chi connectivity index (χ1v) is 14.6. The summed E-state index contributed by atoms with van der Waals surface area (Å²) in [6.07, 6.45) is 1.89. The summed E-state index contributed by atoms with van der Waals surface area (Å²) < 4.78 is 63.3. The van der Waals surface area contributed by atoms with Gasteiger partial charge in [0.15, 0.2) is 0 Å². The zero-order valence-electron chi connectivity index (χ0n) is 23.1. The molecule has 1 aromatic heterocycles. The minimum Gasteiger partial charge on any atom is -0.484 e. The predicted molar refractivity (Wildman–Crippen MR) is 149 cm³/mol. The Morgan fingerprint density at radius 1 is 1.16 bits per heavy atom. The van der Waals surface area contributed by atoms with Crippen LogP contribution in [0, 0.1) is 6.92 Å². The van der Waals surface area contributed by atoms with Crippen LogP contribution in [0.15, 0.2) is 54.7 Å². The van der Waals surface area contributed by atoms with Crippen molar-refractivity contribution in [3.8, 4) is 22.8 Å². The van der Waals surface area contributed by atoms with Crippen LogP contribution in [0.2, 0.25) is 0 Å². The molecule has 2 amide bonds. The van der Waals surface area contributed by atoms with E-state index in [1.807, 2.05) is 6.92 Å². The number of rotatable bonds is 8. The Kier molecular flexibility index (Phi) is 8.76. The molecule has 3 heterocycles. The van der Waals surface area contributed by atoms with Gasteiger partial charge in [0, 0.05) is 43.5 Å². The predicted octanol–water partition coefficient (Wildman–Crippen LogP) is 5.25. The molecule has 15 heteroatoms. The number of phosphoric acid groups is 1. The Bertz CT molecular complexity index is 1580. The molecule has 1 unspecified atom stereocenters. The number of hydrogen-bond donors (Lipinski definition) is 2. The number of alkyl halides is 2. The first-order valence-electron chi connectivity index (χ1n) is 13.1. The van der Waals surface area contributed by atoms with Crippen molar-refractivity contribution in [2.75, 3.05) is 30.7 Å². The SMILES string of the molecule is COP(=O)(O)ON1C(=O)CC2(CCOCC2)Oc2cc(-c3cc(NC(=O)c4ccnc(OC(F)F)c4)ccc3C)ccc21. The molecule has 3 aromatic rings. The van der Waals surface area contributed by atoms with Crippen molar-refractivity contribution in [2.45, 2.75) is 38.4 Å². The normalized spacial score (nSPS) is 17.5. The first-order chi connectivity index (χ1) is 20.5. The van der Waals surface area contributed by atoms with E-state index in [0.29, 0.717) is 42.9 Å². The quantitative estimate of drug-likeness (QED) is 0.321. The summed E-state index contributed by atoms with van der Waals surface area (Å²) in [5.41, 5.74) is 1.87. The van der Waals surface area contributed by atoms with Crippen molar-refractivity contribution in [3.63, 3.8) is 0 Å². The molecule has 0 bridgehead atoms. The number of benzene rings is 2. The smallest absolute Gasteiger partial charge is 0.484 e. The minimum absolute atomic E-state index is 0.0648. The van der Waals surface area contributed by atoms with Crippen LogP contribution in [-0.4, -0.2) is 54.2 Å². The number of hydrogen-bond acceptors (Lipinski definition) is 9. The van der Waals surface area contributed by atoms with Gasteiger partial charge in [0.25, 0.3) is 11.8 Å². The largest absolute Gasteiger partial charge is 0.494 e. The van der Waals surface area contributed by atoms with Gasteiger partial charge < -0.3 is 24.4 Å². The van der Waals surface area contributed by atoms with Crippen molar-refractivity contribution in [3.05, 3.63) is 65.9 Å². The lowest BCUT2D eigenvalue weighted by Crippen LogP contribution is -2.44. The number of carbonyl (C=O) groups excluding carboxylic acids is 2. The summed E-state index contributed by atoms with van der Waals surface area (Å²) in [6, 6.07) is 12.6. The third-order valence-corrected chi connectivity index (χ3v) is 7.87. The van der Waals surface area contributed by atoms with E-state index in [1.165, 1.54) is 18.3 Å². The molecule has 1 atom stereocenters. The molecular weight excluding hydrogens is 591 g/mol. The lowest BCUT2D eigenvalue weighted by Gasteiger charge is -2.35. The summed E-state index contributed by atoms with van der Waals surface area (Å²) in [5, 5.41) is 3.47. The number of halogens is 2. The maximum absolute atomic E-state index is 13.3. The fraction of sp³-hybridized carbons (Fsp3) is 0.321. The molecule has 1 fully saturated rings. The summed E-state index contributed by atoms with van der Waals surface area (Å²) in [7, 11) is -3.61. The van der Waals surface area contributed by atoms with Gasteiger partial charge in [-0.05, 0) is 53.9 Å². The Balaban J connectivity index is 1.48. The highest BCUT2D eigenvalue weighted by atomic mass is 31.2. The van der Waals surface area contributed by atoms with E-state index < -0.39 is 31.8 Å². The number of amides is 2. The number of fused-ring (bicyclic) bond motifs is 1. The van der Waals surface area contributed by atoms with Crippen molar-refractivity contribution in [2.24, 2.45) is 0 Å². The topological polar surface area (TPSA) is 146 Å². The molecule has 0 saturated carbocycles. The van der Waals surface area contributed by atoms with Crippen LogP contribution >= 0.6 is 7.82 Å². The second-order valence-electron chi connectivity index (χ2n) is 9.92. The zero-order chi connectivity index (χ0) is 30.8. The average Bonchev–Trinajstić information content (AvgIpc) is 3.07. The summed E-state index contributed by atoms with van der Waals surface area (Å²) in [6.45, 7) is -0.479. The van der Waals surface area contributed by atoms with Crippen LogP contribution < -0.4 is 19.9 Å². The van der Waals surface area contributed by atoms with Crippen molar-refractivity contribution in [1.82, 2.24) is 4.98 Å². The highest BCUT2D eigenvalue weighted by molar-refractivity contribution is 7.47. The van der Waals surface area contributed by atoms with Crippen LogP contribution in [-0.2, 0) is 23.2 Å². The summed E-state index contributed by atoms with van der Waals surface area (Å²) in [4.78, 5) is 39.8. The molecule has 43 heavy (non-hydrogen) atoms. The molecule has 2 aliphatic heterocycles. The summed E-state index contributed by atoms with van der Waals surface area (Å²) >= 11 is 0. The standard InChI is InChI=1S/C28H28F2N3O9P/c1-17-3-5-20(32-26(35)19-7-10-31-24(14-19)40-27(29)30)15-21(17)18-4-6-22-23(13-18)41-28(8-11-39-12-9-28)16-25(34)33(22)42-43(36,37)38-2/h3-7,10,13-15,27H,8-9,11-12,16H2,1-2H3,(H,32,35)(H,36,37). The van der Waals surface area contributed by atoms with E-state index >= 15 is 0 Å². The van der Waals surface area contributed by atoms with Crippen LogP contribution in [0.5, 0.6) is 11.6 Å². The number of carbonyl (C=O) groups is 2. The molecule has 2 aromatic carbocycles. The van der Waals surface area contributed by atoms with Gasteiger partial charge in [0.2, 0.25) is 5.88 Å². The van der Waals surface area contributed by atoms with Gasteiger partial charge in [-0.3, -0.25) is 14.1 Å². The van der Waals surface area contributed by atoms with Gasteiger partial charge in [-0.1, -0.05) is 12.1 Å².